The standard InChI is InChI=1S/C20H17NO5/c22-18-16-11-7-8-12(10-11)17(16)19(23)21(18)13-4-1-2-5-14(13)26-20(24)15-6-3-9-25-15/h1-6,9,11-12,16-17H,7-8,10H2/t11-,12+,16-,17-/m0/s1. The van der Waals surface area contributed by atoms with Gasteiger partial charge in [-0.1, -0.05) is 12.1 Å². The second-order valence-electron chi connectivity index (χ2n) is 7.23. The van der Waals surface area contributed by atoms with Crippen LogP contribution in [0.15, 0.2) is 47.1 Å². The highest BCUT2D eigenvalue weighted by Gasteiger charge is 2.61. The maximum absolute atomic E-state index is 13.0. The van der Waals surface area contributed by atoms with Crippen LogP contribution >= 0.6 is 0 Å². The van der Waals surface area contributed by atoms with E-state index < -0.39 is 5.97 Å². The van der Waals surface area contributed by atoms with Gasteiger partial charge in [0.25, 0.3) is 0 Å². The molecule has 2 bridgehead atoms. The summed E-state index contributed by atoms with van der Waals surface area (Å²) in [5.41, 5.74) is 0.330. The summed E-state index contributed by atoms with van der Waals surface area (Å²) in [5, 5.41) is 0. The summed E-state index contributed by atoms with van der Waals surface area (Å²) >= 11 is 0. The van der Waals surface area contributed by atoms with E-state index >= 15 is 0 Å². The molecule has 2 amide bonds. The van der Waals surface area contributed by atoms with Crippen molar-refractivity contribution in [3.8, 4) is 5.75 Å². The van der Waals surface area contributed by atoms with E-state index in [1.165, 1.54) is 17.2 Å². The van der Waals surface area contributed by atoms with Crippen molar-refractivity contribution in [1.29, 1.82) is 0 Å². The van der Waals surface area contributed by atoms with Gasteiger partial charge in [0, 0.05) is 0 Å². The topological polar surface area (TPSA) is 76.8 Å². The number of rotatable bonds is 3. The molecule has 1 aromatic carbocycles. The molecule has 1 saturated heterocycles. The lowest BCUT2D eigenvalue weighted by Gasteiger charge is -2.19. The van der Waals surface area contributed by atoms with E-state index in [2.05, 4.69) is 0 Å². The van der Waals surface area contributed by atoms with Crippen LogP contribution in [0.1, 0.15) is 29.8 Å². The zero-order chi connectivity index (χ0) is 17.8. The molecule has 1 aromatic heterocycles. The Morgan fingerprint density at radius 1 is 1.00 bits per heavy atom. The number of ether oxygens (including phenoxy) is 1. The quantitative estimate of drug-likeness (QED) is 0.483. The highest BCUT2D eigenvalue weighted by atomic mass is 16.5. The molecule has 2 aromatic rings. The van der Waals surface area contributed by atoms with Gasteiger partial charge in [0.2, 0.25) is 17.6 Å². The van der Waals surface area contributed by atoms with Crippen molar-refractivity contribution in [3.05, 3.63) is 48.4 Å². The van der Waals surface area contributed by atoms with E-state index in [4.69, 9.17) is 9.15 Å². The zero-order valence-corrected chi connectivity index (χ0v) is 14.0. The van der Waals surface area contributed by atoms with Gasteiger partial charge >= 0.3 is 5.97 Å². The number of carbonyl (C=O) groups is 3. The summed E-state index contributed by atoms with van der Waals surface area (Å²) in [6, 6.07) is 9.74. The third kappa shape index (κ3) is 2.08. The summed E-state index contributed by atoms with van der Waals surface area (Å²) in [4.78, 5) is 39.4. The molecular weight excluding hydrogens is 334 g/mol. The van der Waals surface area contributed by atoms with Gasteiger partial charge in [0.05, 0.1) is 23.8 Å². The fourth-order valence-corrected chi connectivity index (χ4v) is 4.92. The second kappa shape index (κ2) is 5.56. The number of hydrogen-bond acceptors (Lipinski definition) is 5. The van der Waals surface area contributed by atoms with Crippen molar-refractivity contribution in [2.24, 2.45) is 23.7 Å². The molecule has 132 valence electrons. The molecule has 0 radical (unpaired) electrons. The molecule has 2 saturated carbocycles. The third-order valence-electron chi connectivity index (χ3n) is 5.96. The number of para-hydroxylation sites is 2. The summed E-state index contributed by atoms with van der Waals surface area (Å²) in [7, 11) is 0. The summed E-state index contributed by atoms with van der Waals surface area (Å²) in [6.07, 6.45) is 4.41. The lowest BCUT2D eigenvalue weighted by atomic mass is 9.81. The van der Waals surface area contributed by atoms with Crippen molar-refractivity contribution < 1.29 is 23.5 Å². The number of nitrogens with zero attached hydrogens (tertiary/aromatic N) is 1. The molecule has 1 aliphatic heterocycles. The number of esters is 1. The van der Waals surface area contributed by atoms with E-state index in [-0.39, 0.29) is 35.2 Å². The number of hydrogen-bond donors (Lipinski definition) is 0. The van der Waals surface area contributed by atoms with Gasteiger partial charge in [-0.05, 0) is 55.4 Å². The Morgan fingerprint density at radius 3 is 2.35 bits per heavy atom. The van der Waals surface area contributed by atoms with Gasteiger partial charge in [0.1, 0.15) is 0 Å². The monoisotopic (exact) mass is 351 g/mol. The van der Waals surface area contributed by atoms with E-state index in [0.717, 1.165) is 19.3 Å². The first kappa shape index (κ1) is 15.4. The first-order valence-corrected chi connectivity index (χ1v) is 8.87. The van der Waals surface area contributed by atoms with Crippen LogP contribution < -0.4 is 9.64 Å². The number of carbonyl (C=O) groups excluding carboxylic acids is 3. The summed E-state index contributed by atoms with van der Waals surface area (Å²) < 4.78 is 10.5. The van der Waals surface area contributed by atoms with Crippen LogP contribution in [0.25, 0.3) is 0 Å². The van der Waals surface area contributed by atoms with Gasteiger partial charge < -0.3 is 9.15 Å². The number of fused-ring (bicyclic) bond motifs is 5. The Kier molecular flexibility index (Phi) is 3.29. The van der Waals surface area contributed by atoms with Crippen molar-refractivity contribution in [2.75, 3.05) is 4.90 Å². The lowest BCUT2D eigenvalue weighted by molar-refractivity contribution is -0.123. The summed E-state index contributed by atoms with van der Waals surface area (Å²) in [6.45, 7) is 0. The Bertz CT molecular complexity index is 875. The van der Waals surface area contributed by atoms with Crippen LogP contribution in [-0.2, 0) is 9.59 Å². The molecule has 4 atom stereocenters. The van der Waals surface area contributed by atoms with Gasteiger partial charge in [-0.2, -0.15) is 0 Å². The van der Waals surface area contributed by atoms with Crippen LogP contribution in [0.5, 0.6) is 5.75 Å². The molecule has 6 heteroatoms. The second-order valence-corrected chi connectivity index (χ2v) is 7.23. The molecule has 3 aliphatic rings. The molecular formula is C20H17NO5. The predicted molar refractivity (Wildman–Crippen MR) is 90.4 cm³/mol. The van der Waals surface area contributed by atoms with Crippen LogP contribution in [0.4, 0.5) is 5.69 Å². The number of furan rings is 1. The number of benzene rings is 1. The van der Waals surface area contributed by atoms with E-state index in [1.54, 1.807) is 30.3 Å². The van der Waals surface area contributed by atoms with Crippen LogP contribution in [0, 0.1) is 23.7 Å². The van der Waals surface area contributed by atoms with Gasteiger partial charge in [0.15, 0.2) is 5.75 Å². The van der Waals surface area contributed by atoms with Crippen LogP contribution in [0.3, 0.4) is 0 Å². The normalized spacial score (nSPS) is 29.3. The van der Waals surface area contributed by atoms with E-state index in [0.29, 0.717) is 17.5 Å². The van der Waals surface area contributed by atoms with Crippen LogP contribution in [0.2, 0.25) is 0 Å². The molecule has 2 aliphatic carbocycles. The van der Waals surface area contributed by atoms with E-state index in [1.807, 2.05) is 0 Å². The number of imide groups is 1. The zero-order valence-electron chi connectivity index (χ0n) is 14.0. The third-order valence-corrected chi connectivity index (χ3v) is 5.96. The molecule has 0 spiro atoms. The molecule has 5 rings (SSSR count). The molecule has 26 heavy (non-hydrogen) atoms. The van der Waals surface area contributed by atoms with Gasteiger partial charge in [-0.3, -0.25) is 9.59 Å². The molecule has 0 unspecified atom stereocenters. The Labute approximate surface area is 149 Å². The fourth-order valence-electron chi connectivity index (χ4n) is 4.92. The predicted octanol–water partition coefficient (Wildman–Crippen LogP) is 3.03. The van der Waals surface area contributed by atoms with Crippen molar-refractivity contribution in [3.63, 3.8) is 0 Å². The van der Waals surface area contributed by atoms with E-state index in [9.17, 15) is 14.4 Å². The minimum absolute atomic E-state index is 0.0637. The Morgan fingerprint density at radius 2 is 1.69 bits per heavy atom. The maximum Gasteiger partial charge on any atom is 0.379 e. The Balaban J connectivity index is 1.48. The largest absolute Gasteiger partial charge is 0.457 e. The minimum atomic E-state index is -0.665. The Hall–Kier alpha value is -2.89. The smallest absolute Gasteiger partial charge is 0.379 e. The van der Waals surface area contributed by atoms with Crippen LogP contribution in [-0.4, -0.2) is 17.8 Å². The van der Waals surface area contributed by atoms with Gasteiger partial charge in [-0.15, -0.1) is 0 Å². The number of anilines is 1. The molecule has 6 nitrogen and oxygen atoms in total. The fraction of sp³-hybridized carbons (Fsp3) is 0.350. The number of amides is 2. The first-order chi connectivity index (χ1) is 12.6. The highest BCUT2D eigenvalue weighted by molar-refractivity contribution is 6.23. The van der Waals surface area contributed by atoms with Crippen molar-refractivity contribution in [2.45, 2.75) is 19.3 Å². The SMILES string of the molecule is O=C(Oc1ccccc1N1C(=O)[C@H]2[C@@H]3CC[C@@H](C3)[C@@H]2C1=O)c1ccco1. The average molecular weight is 351 g/mol. The van der Waals surface area contributed by atoms with Crippen molar-refractivity contribution in [1.82, 2.24) is 0 Å². The summed E-state index contributed by atoms with van der Waals surface area (Å²) in [5.74, 6) is -0.542. The molecule has 3 fully saturated rings. The van der Waals surface area contributed by atoms with Crippen molar-refractivity contribution >= 4 is 23.5 Å². The highest BCUT2D eigenvalue weighted by Crippen LogP contribution is 2.57. The molecule has 2 heterocycles. The first-order valence-electron chi connectivity index (χ1n) is 8.87. The van der Waals surface area contributed by atoms with Gasteiger partial charge in [-0.25, -0.2) is 9.69 Å². The lowest BCUT2D eigenvalue weighted by Crippen LogP contribution is -2.33. The minimum Gasteiger partial charge on any atom is -0.457 e. The maximum atomic E-state index is 13.0. The molecule has 0 N–H and O–H groups in total. The average Bonchev–Trinajstić information content (AvgIpc) is 3.41.